The van der Waals surface area contributed by atoms with Crippen molar-refractivity contribution in [1.82, 2.24) is 0 Å². The molecule has 0 aromatic heterocycles. The normalized spacial score (nSPS) is 13.2. The van der Waals surface area contributed by atoms with Gasteiger partial charge in [-0.15, -0.1) is 0 Å². The predicted octanol–water partition coefficient (Wildman–Crippen LogP) is 9.71. The number of esters is 1. The molecule has 2 unspecified atom stereocenters. The number of hydrogen-bond acceptors (Lipinski definition) is 5. The van der Waals surface area contributed by atoms with Crippen LogP contribution in [0.2, 0.25) is 0 Å². The van der Waals surface area contributed by atoms with Crippen LogP contribution in [0.5, 0.6) is 0 Å². The average Bonchev–Trinajstić information content (AvgIpc) is 2.97. The molecule has 0 amide bonds. The number of hydrogen-bond donors (Lipinski definition) is 3. The Morgan fingerprint density at radius 3 is 1.46 bits per heavy atom. The number of rotatable bonds is 33. The summed E-state index contributed by atoms with van der Waals surface area (Å²) in [7, 11) is 0. The van der Waals surface area contributed by atoms with E-state index in [1.807, 2.05) is 6.08 Å². The maximum absolute atomic E-state index is 12.0. The Labute approximate surface area is 255 Å². The quantitative estimate of drug-likeness (QED) is 0.0407. The summed E-state index contributed by atoms with van der Waals surface area (Å²) < 4.78 is 5.30. The Kier molecular flexibility index (Phi) is 32.8. The summed E-state index contributed by atoms with van der Waals surface area (Å²) in [6, 6.07) is -0.565. The largest absolute Gasteiger partial charge is 0.464 e. The molecule has 5 heteroatoms. The molecule has 0 rings (SSSR count). The lowest BCUT2D eigenvalue weighted by atomic mass is 10.0. The van der Waals surface area contributed by atoms with Gasteiger partial charge in [-0.05, 0) is 25.7 Å². The molecular formula is C36H71NO4. The lowest BCUT2D eigenvalue weighted by Gasteiger charge is -2.15. The molecule has 2 atom stereocenters. The highest BCUT2D eigenvalue weighted by Crippen LogP contribution is 2.15. The minimum atomic E-state index is -0.766. The summed E-state index contributed by atoms with van der Waals surface area (Å²) in [6.07, 6.45) is 37.6. The second-order valence-corrected chi connectivity index (χ2v) is 12.4. The molecule has 0 aromatic rings. The van der Waals surface area contributed by atoms with Crippen LogP contribution in [0.25, 0.3) is 0 Å². The molecule has 41 heavy (non-hydrogen) atoms. The zero-order valence-corrected chi connectivity index (χ0v) is 27.3. The number of allylic oxidation sites excluding steroid dienone is 1. The Balaban J connectivity index is 3.45. The number of nitrogens with two attached hydrogens (primary N) is 1. The molecule has 4 N–H and O–H groups in total. The topological polar surface area (TPSA) is 92.8 Å². The van der Waals surface area contributed by atoms with Crippen LogP contribution in [0.15, 0.2) is 12.2 Å². The lowest BCUT2D eigenvalue weighted by molar-refractivity contribution is -0.144. The van der Waals surface area contributed by atoms with Gasteiger partial charge in [0.15, 0.2) is 0 Å². The summed E-state index contributed by atoms with van der Waals surface area (Å²) in [5, 5.41) is 19.0. The molecule has 244 valence electrons. The molecule has 0 aliphatic carbocycles. The van der Waals surface area contributed by atoms with Crippen molar-refractivity contribution >= 4 is 5.97 Å². The van der Waals surface area contributed by atoms with E-state index in [4.69, 9.17) is 15.6 Å². The van der Waals surface area contributed by atoms with Crippen LogP contribution in [0, 0.1) is 0 Å². The van der Waals surface area contributed by atoms with Crippen LogP contribution in [0.3, 0.4) is 0 Å². The van der Waals surface area contributed by atoms with Crippen molar-refractivity contribution in [2.24, 2.45) is 5.73 Å². The third-order valence-electron chi connectivity index (χ3n) is 8.22. The number of carbonyl (C=O) groups excluding carboxylic acids is 1. The molecule has 0 aliphatic heterocycles. The summed E-state index contributed by atoms with van der Waals surface area (Å²) in [5.41, 5.74) is 6.02. The SMILES string of the molecule is CCCCCCCCCCCCCC=CC(O)C(N)COC(=O)CCCCCCCCCCCCCCCCCO. The fourth-order valence-electron chi connectivity index (χ4n) is 5.34. The summed E-state index contributed by atoms with van der Waals surface area (Å²) in [5.74, 6) is -0.203. The second kappa shape index (κ2) is 33.6. The van der Waals surface area contributed by atoms with Gasteiger partial charge in [-0.3, -0.25) is 4.79 Å². The first-order chi connectivity index (χ1) is 20.1. The third kappa shape index (κ3) is 31.8. The van der Waals surface area contributed by atoms with Gasteiger partial charge in [-0.2, -0.15) is 0 Å². The fourth-order valence-corrected chi connectivity index (χ4v) is 5.34. The van der Waals surface area contributed by atoms with E-state index in [1.165, 1.54) is 141 Å². The second-order valence-electron chi connectivity index (χ2n) is 12.4. The van der Waals surface area contributed by atoms with Gasteiger partial charge in [0, 0.05) is 13.0 Å². The zero-order valence-electron chi connectivity index (χ0n) is 27.3. The van der Waals surface area contributed by atoms with E-state index in [0.29, 0.717) is 13.0 Å². The minimum Gasteiger partial charge on any atom is -0.464 e. The number of ether oxygens (including phenoxy) is 1. The maximum Gasteiger partial charge on any atom is 0.305 e. The van der Waals surface area contributed by atoms with E-state index in [-0.39, 0.29) is 12.6 Å². The molecule has 0 radical (unpaired) electrons. The van der Waals surface area contributed by atoms with Crippen LogP contribution >= 0.6 is 0 Å². The highest BCUT2D eigenvalue weighted by Gasteiger charge is 2.14. The predicted molar refractivity (Wildman–Crippen MR) is 176 cm³/mol. The Morgan fingerprint density at radius 1 is 0.634 bits per heavy atom. The third-order valence-corrected chi connectivity index (χ3v) is 8.22. The van der Waals surface area contributed by atoms with Gasteiger partial charge in [0.25, 0.3) is 0 Å². The molecule has 0 saturated carbocycles. The summed E-state index contributed by atoms with van der Waals surface area (Å²) in [6.45, 7) is 2.68. The van der Waals surface area contributed by atoms with Gasteiger partial charge in [0.2, 0.25) is 0 Å². The van der Waals surface area contributed by atoms with Gasteiger partial charge in [0.05, 0.1) is 12.1 Å². The molecule has 0 aliphatic rings. The molecular weight excluding hydrogens is 510 g/mol. The van der Waals surface area contributed by atoms with Crippen molar-refractivity contribution in [2.75, 3.05) is 13.2 Å². The number of aliphatic hydroxyl groups excluding tert-OH is 2. The standard InChI is InChI=1S/C36H71NO4/c1-2-3-4-5-6-7-8-12-15-18-21-24-27-30-35(39)34(37)33-41-36(40)31-28-25-22-19-16-13-10-9-11-14-17-20-23-26-29-32-38/h27,30,34-35,38-39H,2-26,28-29,31-33,37H2,1H3. The van der Waals surface area contributed by atoms with E-state index in [9.17, 15) is 9.90 Å². The highest BCUT2D eigenvalue weighted by molar-refractivity contribution is 5.69. The Bertz CT molecular complexity index is 554. The van der Waals surface area contributed by atoms with Crippen LogP contribution < -0.4 is 5.73 Å². The first-order valence-electron chi connectivity index (χ1n) is 18.0. The van der Waals surface area contributed by atoms with E-state index in [0.717, 1.165) is 32.1 Å². The van der Waals surface area contributed by atoms with Crippen LogP contribution in [0.1, 0.15) is 187 Å². The molecule has 5 nitrogen and oxygen atoms in total. The van der Waals surface area contributed by atoms with Crippen molar-refractivity contribution in [3.8, 4) is 0 Å². The number of aliphatic hydroxyl groups is 2. The first-order valence-corrected chi connectivity index (χ1v) is 18.0. The van der Waals surface area contributed by atoms with Crippen molar-refractivity contribution in [1.29, 1.82) is 0 Å². The smallest absolute Gasteiger partial charge is 0.305 e. The molecule has 0 heterocycles. The van der Waals surface area contributed by atoms with Gasteiger partial charge >= 0.3 is 5.97 Å². The Hall–Kier alpha value is -0.910. The van der Waals surface area contributed by atoms with Crippen molar-refractivity contribution in [3.63, 3.8) is 0 Å². The first kappa shape index (κ1) is 40.1. The lowest BCUT2D eigenvalue weighted by Crippen LogP contribution is -2.38. The summed E-state index contributed by atoms with van der Waals surface area (Å²) in [4.78, 5) is 12.0. The van der Waals surface area contributed by atoms with Crippen LogP contribution in [-0.2, 0) is 9.53 Å². The number of unbranched alkanes of at least 4 members (excludes halogenated alkanes) is 25. The molecule has 0 bridgehead atoms. The van der Waals surface area contributed by atoms with Crippen LogP contribution in [-0.4, -0.2) is 41.5 Å². The molecule has 0 spiro atoms. The molecule has 0 fully saturated rings. The Morgan fingerprint density at radius 2 is 1.02 bits per heavy atom. The van der Waals surface area contributed by atoms with Gasteiger partial charge < -0.3 is 20.7 Å². The van der Waals surface area contributed by atoms with E-state index < -0.39 is 12.1 Å². The van der Waals surface area contributed by atoms with Gasteiger partial charge in [-0.1, -0.05) is 167 Å². The monoisotopic (exact) mass is 582 g/mol. The molecule has 0 saturated heterocycles. The van der Waals surface area contributed by atoms with Gasteiger partial charge in [0.1, 0.15) is 6.61 Å². The fraction of sp³-hybridized carbons (Fsp3) is 0.917. The highest BCUT2D eigenvalue weighted by atomic mass is 16.5. The van der Waals surface area contributed by atoms with E-state index in [1.54, 1.807) is 6.08 Å². The van der Waals surface area contributed by atoms with E-state index in [2.05, 4.69) is 6.92 Å². The van der Waals surface area contributed by atoms with E-state index >= 15 is 0 Å². The average molecular weight is 582 g/mol. The van der Waals surface area contributed by atoms with Gasteiger partial charge in [-0.25, -0.2) is 0 Å². The minimum absolute atomic E-state index is 0.0759. The van der Waals surface area contributed by atoms with Crippen molar-refractivity contribution < 1.29 is 19.7 Å². The van der Waals surface area contributed by atoms with Crippen molar-refractivity contribution in [2.45, 2.75) is 199 Å². The zero-order chi connectivity index (χ0) is 30.1. The maximum atomic E-state index is 12.0. The van der Waals surface area contributed by atoms with Crippen molar-refractivity contribution in [3.05, 3.63) is 12.2 Å². The molecule has 0 aromatic carbocycles. The summed E-state index contributed by atoms with van der Waals surface area (Å²) >= 11 is 0. The number of carbonyl (C=O) groups is 1. The van der Waals surface area contributed by atoms with Crippen LogP contribution in [0.4, 0.5) is 0 Å².